The van der Waals surface area contributed by atoms with Crippen LogP contribution < -0.4 is 20.1 Å². The van der Waals surface area contributed by atoms with Crippen molar-refractivity contribution in [2.45, 2.75) is 26.3 Å². The fourth-order valence-corrected chi connectivity index (χ4v) is 3.16. The van der Waals surface area contributed by atoms with Crippen molar-refractivity contribution in [3.05, 3.63) is 48.3 Å². The number of hydrogen-bond acceptors (Lipinski definition) is 6. The minimum absolute atomic E-state index is 0.0587. The first-order chi connectivity index (χ1) is 14.5. The molecule has 3 aromatic rings. The first kappa shape index (κ1) is 21.6. The summed E-state index contributed by atoms with van der Waals surface area (Å²) in [5.74, 6) is 2.36. The number of carbonyl (C=O) groups is 1. The van der Waals surface area contributed by atoms with Gasteiger partial charge in [-0.2, -0.15) is 0 Å². The van der Waals surface area contributed by atoms with Crippen molar-refractivity contribution in [3.63, 3.8) is 0 Å². The second-order valence-electron chi connectivity index (χ2n) is 6.80. The molecule has 0 radical (unpaired) electrons. The zero-order valence-corrected chi connectivity index (χ0v) is 18.0. The quantitative estimate of drug-likeness (QED) is 0.383. The van der Waals surface area contributed by atoms with Crippen molar-refractivity contribution < 1.29 is 14.3 Å². The Morgan fingerprint density at radius 2 is 1.93 bits per heavy atom. The molecule has 1 unspecified atom stereocenters. The maximum absolute atomic E-state index is 11.3. The summed E-state index contributed by atoms with van der Waals surface area (Å²) in [5, 5.41) is 7.02. The van der Waals surface area contributed by atoms with Crippen molar-refractivity contribution in [1.82, 2.24) is 15.3 Å². The Morgan fingerprint density at radius 1 is 1.17 bits per heavy atom. The minimum Gasteiger partial charge on any atom is -0.493 e. The molecule has 2 aromatic carbocycles. The number of nitrogens with one attached hydrogen (secondary N) is 2. The number of methoxy groups -OCH3 is 1. The Hall–Kier alpha value is -3.06. The van der Waals surface area contributed by atoms with Gasteiger partial charge in [-0.1, -0.05) is 12.1 Å². The average molecular weight is 429 g/mol. The number of nitrogens with zero attached hydrogens (tertiary/aromatic N) is 2. The normalized spacial score (nSPS) is 11.7. The topological polar surface area (TPSA) is 85.4 Å². The highest BCUT2D eigenvalue weighted by molar-refractivity contribution is 6.17. The predicted octanol–water partition coefficient (Wildman–Crippen LogP) is 4.59. The number of hydrogen-bond donors (Lipinski definition) is 2. The van der Waals surface area contributed by atoms with Gasteiger partial charge in [-0.25, -0.2) is 9.97 Å². The van der Waals surface area contributed by atoms with Crippen LogP contribution in [0.2, 0.25) is 0 Å². The molecule has 30 heavy (non-hydrogen) atoms. The number of fused-ring (bicyclic) bond motifs is 1. The van der Waals surface area contributed by atoms with Gasteiger partial charge in [0.15, 0.2) is 11.5 Å². The van der Waals surface area contributed by atoms with E-state index >= 15 is 0 Å². The lowest BCUT2D eigenvalue weighted by Crippen LogP contribution is -2.23. The standard InChI is InChI=1S/C22H25ClN4O3/c1-14(26-15(2)28)16-5-7-17(8-6-16)27-22-18-11-21(30-10-4-9-23)20(29-3)12-19(18)24-13-25-22/h5-8,11-14H,4,9-10H2,1-3H3,(H,26,28)(H,24,25,27). The number of benzene rings is 2. The van der Waals surface area contributed by atoms with Gasteiger partial charge in [0.1, 0.15) is 12.1 Å². The van der Waals surface area contributed by atoms with Gasteiger partial charge >= 0.3 is 0 Å². The Morgan fingerprint density at radius 3 is 2.60 bits per heavy atom. The van der Waals surface area contributed by atoms with Gasteiger partial charge in [-0.3, -0.25) is 4.79 Å². The van der Waals surface area contributed by atoms with Crippen LogP contribution in [0.4, 0.5) is 11.5 Å². The summed E-state index contributed by atoms with van der Waals surface area (Å²) in [4.78, 5) is 20.0. The molecule has 0 saturated heterocycles. The summed E-state index contributed by atoms with van der Waals surface area (Å²) in [5.41, 5.74) is 2.63. The molecule has 0 spiro atoms. The highest BCUT2D eigenvalue weighted by Crippen LogP contribution is 2.35. The van der Waals surface area contributed by atoms with Crippen LogP contribution >= 0.6 is 11.6 Å². The molecular formula is C22H25ClN4O3. The lowest BCUT2D eigenvalue weighted by molar-refractivity contribution is -0.119. The van der Waals surface area contributed by atoms with Gasteiger partial charge in [0, 0.05) is 29.9 Å². The number of alkyl halides is 1. The number of carbonyl (C=O) groups excluding carboxylic acids is 1. The molecule has 7 nitrogen and oxygen atoms in total. The molecule has 1 heterocycles. The summed E-state index contributed by atoms with van der Waals surface area (Å²) in [6.07, 6.45) is 2.24. The third-order valence-electron chi connectivity index (χ3n) is 4.55. The van der Waals surface area contributed by atoms with E-state index in [9.17, 15) is 4.79 Å². The van der Waals surface area contributed by atoms with Crippen molar-refractivity contribution >= 4 is 39.9 Å². The van der Waals surface area contributed by atoms with Crippen LogP contribution in [0, 0.1) is 0 Å². The van der Waals surface area contributed by atoms with Gasteiger partial charge in [-0.05, 0) is 37.1 Å². The second kappa shape index (κ2) is 10.1. The molecule has 0 fully saturated rings. The highest BCUT2D eigenvalue weighted by atomic mass is 35.5. The van der Waals surface area contributed by atoms with Crippen LogP contribution in [0.3, 0.4) is 0 Å². The molecule has 0 bridgehead atoms. The number of aromatic nitrogens is 2. The van der Waals surface area contributed by atoms with Crippen LogP contribution in [-0.2, 0) is 4.79 Å². The van der Waals surface area contributed by atoms with Crippen LogP contribution in [0.1, 0.15) is 31.9 Å². The maximum Gasteiger partial charge on any atom is 0.217 e. The Bertz CT molecular complexity index is 1010. The van der Waals surface area contributed by atoms with E-state index in [1.165, 1.54) is 13.3 Å². The van der Waals surface area contributed by atoms with Crippen molar-refractivity contribution in [1.29, 1.82) is 0 Å². The number of ether oxygens (including phenoxy) is 2. The fourth-order valence-electron chi connectivity index (χ4n) is 3.05. The zero-order valence-electron chi connectivity index (χ0n) is 17.2. The lowest BCUT2D eigenvalue weighted by Gasteiger charge is -2.15. The molecule has 1 amide bonds. The number of rotatable bonds is 9. The largest absolute Gasteiger partial charge is 0.493 e. The molecule has 2 N–H and O–H groups in total. The smallest absolute Gasteiger partial charge is 0.217 e. The SMILES string of the molecule is COc1cc2ncnc(Nc3ccc(C(C)NC(C)=O)cc3)c2cc1OCCCCl. The number of halogens is 1. The molecule has 0 aliphatic carbocycles. The van der Waals surface area contributed by atoms with Crippen LogP contribution in [0.15, 0.2) is 42.7 Å². The molecule has 0 saturated carbocycles. The van der Waals surface area contributed by atoms with Crippen LogP contribution in [-0.4, -0.2) is 35.5 Å². The highest BCUT2D eigenvalue weighted by Gasteiger charge is 2.12. The van der Waals surface area contributed by atoms with E-state index in [1.807, 2.05) is 43.3 Å². The first-order valence-corrected chi connectivity index (χ1v) is 10.2. The lowest BCUT2D eigenvalue weighted by atomic mass is 10.1. The molecule has 8 heteroatoms. The molecule has 3 rings (SSSR count). The van der Waals surface area contributed by atoms with E-state index in [-0.39, 0.29) is 11.9 Å². The van der Waals surface area contributed by atoms with Gasteiger partial charge in [0.05, 0.1) is 25.3 Å². The molecule has 1 aromatic heterocycles. The number of anilines is 2. The first-order valence-electron chi connectivity index (χ1n) is 9.67. The third-order valence-corrected chi connectivity index (χ3v) is 4.82. The molecule has 0 aliphatic heterocycles. The van der Waals surface area contributed by atoms with E-state index in [0.29, 0.717) is 29.8 Å². The summed E-state index contributed by atoms with van der Waals surface area (Å²) >= 11 is 5.75. The molecular weight excluding hydrogens is 404 g/mol. The van der Waals surface area contributed by atoms with Gasteiger partial charge in [0.2, 0.25) is 5.91 Å². The van der Waals surface area contributed by atoms with Gasteiger partial charge in [-0.15, -0.1) is 11.6 Å². The van der Waals surface area contributed by atoms with Crippen molar-refractivity contribution in [3.8, 4) is 11.5 Å². The van der Waals surface area contributed by atoms with Crippen molar-refractivity contribution in [2.24, 2.45) is 0 Å². The number of amides is 1. The zero-order chi connectivity index (χ0) is 21.5. The average Bonchev–Trinajstić information content (AvgIpc) is 2.74. The molecule has 0 aliphatic rings. The second-order valence-corrected chi connectivity index (χ2v) is 7.18. The third kappa shape index (κ3) is 5.30. The fraction of sp³-hybridized carbons (Fsp3) is 0.318. The van der Waals surface area contributed by atoms with E-state index < -0.39 is 0 Å². The van der Waals surface area contributed by atoms with E-state index in [4.69, 9.17) is 21.1 Å². The van der Waals surface area contributed by atoms with E-state index in [1.54, 1.807) is 7.11 Å². The van der Waals surface area contributed by atoms with Gasteiger partial charge < -0.3 is 20.1 Å². The molecule has 158 valence electrons. The predicted molar refractivity (Wildman–Crippen MR) is 119 cm³/mol. The monoisotopic (exact) mass is 428 g/mol. The Kier molecular flexibility index (Phi) is 7.30. The van der Waals surface area contributed by atoms with E-state index in [0.717, 1.165) is 28.6 Å². The summed E-state index contributed by atoms with van der Waals surface area (Å²) in [6, 6.07) is 11.5. The Balaban J connectivity index is 1.86. The summed E-state index contributed by atoms with van der Waals surface area (Å²) in [7, 11) is 1.60. The van der Waals surface area contributed by atoms with Crippen molar-refractivity contribution in [2.75, 3.05) is 24.9 Å². The van der Waals surface area contributed by atoms with Crippen LogP contribution in [0.5, 0.6) is 11.5 Å². The summed E-state index contributed by atoms with van der Waals surface area (Å²) in [6.45, 7) is 3.95. The van der Waals surface area contributed by atoms with Gasteiger partial charge in [0.25, 0.3) is 0 Å². The van der Waals surface area contributed by atoms with E-state index in [2.05, 4.69) is 20.6 Å². The Labute approximate surface area is 180 Å². The minimum atomic E-state index is -0.0587. The van der Waals surface area contributed by atoms with Crippen LogP contribution in [0.25, 0.3) is 10.9 Å². The summed E-state index contributed by atoms with van der Waals surface area (Å²) < 4.78 is 11.3. The molecule has 1 atom stereocenters. The maximum atomic E-state index is 11.3.